The summed E-state index contributed by atoms with van der Waals surface area (Å²) in [6.45, 7) is 2.75. The third-order valence-corrected chi connectivity index (χ3v) is 2.45. The highest BCUT2D eigenvalue weighted by Gasteiger charge is 1.99. The summed E-state index contributed by atoms with van der Waals surface area (Å²) in [5.74, 6) is 2.61. The Morgan fingerprint density at radius 1 is 1.50 bits per heavy atom. The summed E-state index contributed by atoms with van der Waals surface area (Å²) in [7, 11) is 0. The zero-order valence-electron chi connectivity index (χ0n) is 9.12. The van der Waals surface area contributed by atoms with E-state index in [2.05, 4.69) is 21.4 Å². The Kier molecular flexibility index (Phi) is 2.93. The molecule has 0 unspecified atom stereocenters. The van der Waals surface area contributed by atoms with Crippen LogP contribution in [0.25, 0.3) is 0 Å². The molecule has 1 aromatic carbocycles. The number of benzene rings is 1. The molecule has 0 saturated heterocycles. The van der Waals surface area contributed by atoms with E-state index < -0.39 is 0 Å². The van der Waals surface area contributed by atoms with E-state index in [1.54, 1.807) is 0 Å². The fraction of sp³-hybridized carbons (Fsp3) is 0.154. The van der Waals surface area contributed by atoms with Gasteiger partial charge in [0, 0.05) is 29.1 Å². The third-order valence-electron chi connectivity index (χ3n) is 2.45. The van der Waals surface area contributed by atoms with Crippen molar-refractivity contribution >= 4 is 5.69 Å². The minimum atomic E-state index is 0.746. The van der Waals surface area contributed by atoms with Crippen LogP contribution in [0, 0.1) is 19.3 Å². The number of terminal acetylenes is 1. The fourth-order valence-electron chi connectivity index (χ4n) is 1.47. The molecule has 0 saturated carbocycles. The highest BCUT2D eigenvalue weighted by Crippen LogP contribution is 2.12. The number of rotatable bonds is 3. The highest BCUT2D eigenvalue weighted by molar-refractivity contribution is 5.50. The first-order chi connectivity index (χ1) is 7.79. The van der Waals surface area contributed by atoms with Crippen molar-refractivity contribution in [2.24, 2.45) is 0 Å². The molecule has 16 heavy (non-hydrogen) atoms. The second-order valence-corrected chi connectivity index (χ2v) is 3.60. The zero-order chi connectivity index (χ0) is 11.4. The number of aryl methyl sites for hydroxylation is 1. The van der Waals surface area contributed by atoms with Gasteiger partial charge in [0.05, 0.1) is 6.20 Å². The smallest absolute Gasteiger partial charge is 0.0539 e. The van der Waals surface area contributed by atoms with Crippen LogP contribution in [0.4, 0.5) is 5.69 Å². The molecular formula is C13H13N3. The van der Waals surface area contributed by atoms with E-state index in [-0.39, 0.29) is 0 Å². The maximum Gasteiger partial charge on any atom is 0.0539 e. The lowest BCUT2D eigenvalue weighted by Gasteiger charge is -2.05. The van der Waals surface area contributed by atoms with Gasteiger partial charge in [-0.25, -0.2) is 0 Å². The first-order valence-electron chi connectivity index (χ1n) is 5.09. The lowest BCUT2D eigenvalue weighted by atomic mass is 10.2. The lowest BCUT2D eigenvalue weighted by molar-refractivity contribution is 1.04. The number of nitrogens with one attached hydrogen (secondary N) is 2. The Morgan fingerprint density at radius 2 is 2.38 bits per heavy atom. The second-order valence-electron chi connectivity index (χ2n) is 3.60. The number of nitrogens with zero attached hydrogens (tertiary/aromatic N) is 1. The molecule has 0 bridgehead atoms. The van der Waals surface area contributed by atoms with Gasteiger partial charge in [-0.05, 0) is 25.1 Å². The number of hydrogen-bond donors (Lipinski definition) is 2. The average molecular weight is 211 g/mol. The molecule has 2 aromatic rings. The van der Waals surface area contributed by atoms with Crippen LogP contribution in [0.2, 0.25) is 0 Å². The second kappa shape index (κ2) is 4.54. The van der Waals surface area contributed by atoms with E-state index >= 15 is 0 Å². The maximum atomic E-state index is 5.34. The van der Waals surface area contributed by atoms with Gasteiger partial charge < -0.3 is 5.32 Å². The maximum absolute atomic E-state index is 5.34. The number of anilines is 1. The molecule has 0 aliphatic carbocycles. The van der Waals surface area contributed by atoms with E-state index in [0.717, 1.165) is 29.1 Å². The Labute approximate surface area is 94.9 Å². The van der Waals surface area contributed by atoms with Crippen LogP contribution < -0.4 is 5.32 Å². The largest absolute Gasteiger partial charge is 0.381 e. The number of aromatic nitrogens is 2. The van der Waals surface area contributed by atoms with Crippen molar-refractivity contribution in [3.63, 3.8) is 0 Å². The summed E-state index contributed by atoms with van der Waals surface area (Å²) in [5, 5.41) is 10.2. The van der Waals surface area contributed by atoms with Crippen LogP contribution in [-0.2, 0) is 6.54 Å². The van der Waals surface area contributed by atoms with Gasteiger partial charge in [-0.15, -0.1) is 6.42 Å². The third kappa shape index (κ3) is 2.23. The first-order valence-corrected chi connectivity index (χ1v) is 5.09. The Bertz CT molecular complexity index is 520. The SMILES string of the molecule is C#Cc1cccc(NCc2cn[nH]c2C)c1. The molecule has 0 radical (unpaired) electrons. The molecule has 0 atom stereocenters. The monoisotopic (exact) mass is 211 g/mol. The van der Waals surface area contributed by atoms with Crippen molar-refractivity contribution in [2.75, 3.05) is 5.32 Å². The van der Waals surface area contributed by atoms with Gasteiger partial charge in [-0.3, -0.25) is 5.10 Å². The van der Waals surface area contributed by atoms with Gasteiger partial charge in [0.15, 0.2) is 0 Å². The topological polar surface area (TPSA) is 40.7 Å². The molecule has 1 aromatic heterocycles. The van der Waals surface area contributed by atoms with E-state index in [4.69, 9.17) is 6.42 Å². The van der Waals surface area contributed by atoms with Crippen molar-refractivity contribution in [1.29, 1.82) is 0 Å². The average Bonchev–Trinajstić information content (AvgIpc) is 2.72. The minimum absolute atomic E-state index is 0.746. The normalized spacial score (nSPS) is 9.75. The summed E-state index contributed by atoms with van der Waals surface area (Å²) in [6, 6.07) is 7.81. The van der Waals surface area contributed by atoms with Crippen molar-refractivity contribution in [3.05, 3.63) is 47.3 Å². The van der Waals surface area contributed by atoms with Gasteiger partial charge in [0.1, 0.15) is 0 Å². The van der Waals surface area contributed by atoms with Gasteiger partial charge in [-0.2, -0.15) is 5.10 Å². The highest BCUT2D eigenvalue weighted by atomic mass is 15.1. The fourth-order valence-corrected chi connectivity index (χ4v) is 1.47. The Morgan fingerprint density at radius 3 is 3.06 bits per heavy atom. The van der Waals surface area contributed by atoms with Crippen LogP contribution in [0.3, 0.4) is 0 Å². The number of hydrogen-bond acceptors (Lipinski definition) is 2. The van der Waals surface area contributed by atoms with E-state index in [1.807, 2.05) is 37.4 Å². The summed E-state index contributed by atoms with van der Waals surface area (Å²) in [5.41, 5.74) is 4.15. The summed E-state index contributed by atoms with van der Waals surface area (Å²) >= 11 is 0. The molecule has 2 rings (SSSR count). The van der Waals surface area contributed by atoms with Crippen LogP contribution >= 0.6 is 0 Å². The quantitative estimate of drug-likeness (QED) is 0.765. The molecule has 0 amide bonds. The Hall–Kier alpha value is -2.21. The van der Waals surface area contributed by atoms with Crippen LogP contribution in [0.15, 0.2) is 30.5 Å². The van der Waals surface area contributed by atoms with Gasteiger partial charge >= 0.3 is 0 Å². The minimum Gasteiger partial charge on any atom is -0.381 e. The molecule has 3 heteroatoms. The van der Waals surface area contributed by atoms with Crippen molar-refractivity contribution in [2.45, 2.75) is 13.5 Å². The lowest BCUT2D eigenvalue weighted by Crippen LogP contribution is -1.99. The van der Waals surface area contributed by atoms with Crippen molar-refractivity contribution in [3.8, 4) is 12.3 Å². The summed E-state index contributed by atoms with van der Waals surface area (Å²) in [6.07, 6.45) is 7.17. The zero-order valence-corrected chi connectivity index (χ0v) is 9.12. The first kappa shape index (κ1) is 10.3. The number of aromatic amines is 1. The predicted octanol–water partition coefficient (Wildman–Crippen LogP) is 2.31. The van der Waals surface area contributed by atoms with E-state index in [9.17, 15) is 0 Å². The molecule has 0 aliphatic rings. The summed E-state index contributed by atoms with van der Waals surface area (Å²) < 4.78 is 0. The summed E-state index contributed by atoms with van der Waals surface area (Å²) in [4.78, 5) is 0. The molecule has 0 fully saturated rings. The molecule has 2 N–H and O–H groups in total. The van der Waals surface area contributed by atoms with Crippen molar-refractivity contribution in [1.82, 2.24) is 10.2 Å². The standard InChI is InChI=1S/C13H13N3/c1-3-11-5-4-6-13(7-11)14-8-12-9-15-16-10(12)2/h1,4-7,9,14H,8H2,2H3,(H,15,16). The van der Waals surface area contributed by atoms with Crippen LogP contribution in [-0.4, -0.2) is 10.2 Å². The molecule has 0 spiro atoms. The molecule has 0 aliphatic heterocycles. The van der Waals surface area contributed by atoms with Gasteiger partial charge in [0.25, 0.3) is 0 Å². The van der Waals surface area contributed by atoms with Crippen LogP contribution in [0.1, 0.15) is 16.8 Å². The number of H-pyrrole nitrogens is 1. The van der Waals surface area contributed by atoms with Crippen LogP contribution in [0.5, 0.6) is 0 Å². The van der Waals surface area contributed by atoms with Gasteiger partial charge in [-0.1, -0.05) is 12.0 Å². The molecule has 80 valence electrons. The van der Waals surface area contributed by atoms with E-state index in [1.165, 1.54) is 0 Å². The molecule has 1 heterocycles. The Balaban J connectivity index is 2.05. The molecule has 3 nitrogen and oxygen atoms in total. The van der Waals surface area contributed by atoms with Crippen molar-refractivity contribution < 1.29 is 0 Å². The predicted molar refractivity (Wildman–Crippen MR) is 65.0 cm³/mol. The molecular weight excluding hydrogens is 198 g/mol. The van der Waals surface area contributed by atoms with Gasteiger partial charge in [0.2, 0.25) is 0 Å². The van der Waals surface area contributed by atoms with E-state index in [0.29, 0.717) is 0 Å².